The lowest BCUT2D eigenvalue weighted by Crippen LogP contribution is -2.54. The van der Waals surface area contributed by atoms with Crippen LogP contribution in [-0.2, 0) is 14.3 Å². The number of hydrogen-bond donors (Lipinski definition) is 2. The molecule has 0 spiro atoms. The second kappa shape index (κ2) is 5.75. The van der Waals surface area contributed by atoms with Gasteiger partial charge in [0.25, 0.3) is 0 Å². The predicted octanol–water partition coefficient (Wildman–Crippen LogP) is 0.0473. The summed E-state index contributed by atoms with van der Waals surface area (Å²) in [6.45, 7) is 0.319. The third-order valence-electron chi connectivity index (χ3n) is 3.90. The number of carboxylic acid groups (broad SMARTS) is 1. The van der Waals surface area contributed by atoms with E-state index in [-0.39, 0.29) is 24.3 Å². The molecule has 1 aliphatic carbocycles. The predicted molar refractivity (Wildman–Crippen MR) is 65.9 cm³/mol. The second-order valence-corrected chi connectivity index (χ2v) is 5.08. The SMILES string of the molecule is COC1CC(NC(=O)N2CC(OC)CC2C(=O)O)C1. The van der Waals surface area contributed by atoms with Crippen LogP contribution in [0.3, 0.4) is 0 Å². The first-order valence-electron chi connectivity index (χ1n) is 6.40. The number of hydrogen-bond acceptors (Lipinski definition) is 4. The van der Waals surface area contributed by atoms with Gasteiger partial charge in [0, 0.05) is 33.2 Å². The molecule has 0 aromatic carbocycles. The van der Waals surface area contributed by atoms with E-state index < -0.39 is 12.0 Å². The highest BCUT2D eigenvalue weighted by Crippen LogP contribution is 2.24. The fourth-order valence-electron chi connectivity index (χ4n) is 2.56. The zero-order valence-corrected chi connectivity index (χ0v) is 11.2. The molecular formula is C12H20N2O5. The first-order valence-corrected chi connectivity index (χ1v) is 6.40. The number of urea groups is 1. The quantitative estimate of drug-likeness (QED) is 0.755. The van der Waals surface area contributed by atoms with Gasteiger partial charge >= 0.3 is 12.0 Å². The normalized spacial score (nSPS) is 33.9. The third kappa shape index (κ3) is 2.98. The molecule has 2 aliphatic rings. The highest BCUT2D eigenvalue weighted by molar-refractivity contribution is 5.83. The van der Waals surface area contributed by atoms with Crippen molar-refractivity contribution in [2.75, 3.05) is 20.8 Å². The van der Waals surface area contributed by atoms with Crippen molar-refractivity contribution < 1.29 is 24.2 Å². The van der Waals surface area contributed by atoms with Gasteiger partial charge in [-0.15, -0.1) is 0 Å². The zero-order chi connectivity index (χ0) is 14.0. The molecule has 108 valence electrons. The van der Waals surface area contributed by atoms with Crippen LogP contribution in [0.2, 0.25) is 0 Å². The zero-order valence-electron chi connectivity index (χ0n) is 11.2. The molecule has 2 unspecified atom stereocenters. The fourth-order valence-corrected chi connectivity index (χ4v) is 2.56. The standard InChI is InChI=1S/C12H20N2O5/c1-18-8-3-7(4-8)13-12(17)14-6-9(19-2)5-10(14)11(15)16/h7-10H,3-6H2,1-2H3,(H,13,17)(H,15,16). The van der Waals surface area contributed by atoms with Gasteiger partial charge in [0.2, 0.25) is 0 Å². The summed E-state index contributed by atoms with van der Waals surface area (Å²) >= 11 is 0. The highest BCUT2D eigenvalue weighted by atomic mass is 16.5. The molecule has 0 aromatic rings. The molecule has 2 amide bonds. The van der Waals surface area contributed by atoms with E-state index in [1.807, 2.05) is 0 Å². The lowest BCUT2D eigenvalue weighted by Gasteiger charge is -2.36. The molecule has 1 aliphatic heterocycles. The molecule has 2 fully saturated rings. The molecule has 19 heavy (non-hydrogen) atoms. The van der Waals surface area contributed by atoms with E-state index >= 15 is 0 Å². The van der Waals surface area contributed by atoms with Crippen LogP contribution in [-0.4, -0.2) is 67.1 Å². The van der Waals surface area contributed by atoms with Crippen LogP contribution in [0, 0.1) is 0 Å². The van der Waals surface area contributed by atoms with Gasteiger partial charge in [-0.2, -0.15) is 0 Å². The van der Waals surface area contributed by atoms with E-state index in [1.54, 1.807) is 7.11 Å². The molecule has 1 saturated carbocycles. The average Bonchev–Trinajstić information content (AvgIpc) is 2.77. The van der Waals surface area contributed by atoms with Gasteiger partial charge in [0.15, 0.2) is 0 Å². The van der Waals surface area contributed by atoms with Crippen LogP contribution in [0.15, 0.2) is 0 Å². The van der Waals surface area contributed by atoms with Crippen molar-refractivity contribution in [2.45, 2.75) is 43.6 Å². The minimum atomic E-state index is -0.988. The molecule has 0 bridgehead atoms. The number of rotatable bonds is 4. The van der Waals surface area contributed by atoms with Crippen molar-refractivity contribution in [1.29, 1.82) is 0 Å². The van der Waals surface area contributed by atoms with Crippen molar-refractivity contribution in [3.63, 3.8) is 0 Å². The summed E-state index contributed by atoms with van der Waals surface area (Å²) < 4.78 is 10.3. The summed E-state index contributed by atoms with van der Waals surface area (Å²) in [4.78, 5) is 24.6. The van der Waals surface area contributed by atoms with Crippen LogP contribution in [0.4, 0.5) is 4.79 Å². The summed E-state index contributed by atoms with van der Waals surface area (Å²) in [6, 6.07) is -1.05. The minimum absolute atomic E-state index is 0.0773. The topological polar surface area (TPSA) is 88.1 Å². The van der Waals surface area contributed by atoms with Gasteiger partial charge < -0.3 is 24.8 Å². The second-order valence-electron chi connectivity index (χ2n) is 5.08. The Morgan fingerprint density at radius 1 is 1.16 bits per heavy atom. The molecule has 2 rings (SSSR count). The fraction of sp³-hybridized carbons (Fsp3) is 0.833. The molecule has 1 heterocycles. The first kappa shape index (κ1) is 14.1. The van der Waals surface area contributed by atoms with Crippen molar-refractivity contribution in [2.24, 2.45) is 0 Å². The lowest BCUT2D eigenvalue weighted by atomic mass is 9.89. The number of ether oxygens (including phenoxy) is 2. The number of likely N-dealkylation sites (tertiary alicyclic amines) is 1. The monoisotopic (exact) mass is 272 g/mol. The summed E-state index contributed by atoms with van der Waals surface area (Å²) in [5.41, 5.74) is 0. The van der Waals surface area contributed by atoms with E-state index in [0.29, 0.717) is 13.0 Å². The molecular weight excluding hydrogens is 252 g/mol. The van der Waals surface area contributed by atoms with E-state index in [4.69, 9.17) is 14.6 Å². The molecule has 2 atom stereocenters. The smallest absolute Gasteiger partial charge is 0.326 e. The van der Waals surface area contributed by atoms with Crippen LogP contribution in [0.5, 0.6) is 0 Å². The van der Waals surface area contributed by atoms with Gasteiger partial charge in [-0.05, 0) is 12.8 Å². The largest absolute Gasteiger partial charge is 0.480 e. The Bertz CT molecular complexity index is 356. The molecule has 7 nitrogen and oxygen atoms in total. The Labute approximate surface area is 111 Å². The van der Waals surface area contributed by atoms with Crippen LogP contribution < -0.4 is 5.32 Å². The summed E-state index contributed by atoms with van der Waals surface area (Å²) in [7, 11) is 3.17. The number of methoxy groups -OCH3 is 2. The van der Waals surface area contributed by atoms with Crippen molar-refractivity contribution in [3.05, 3.63) is 0 Å². The first-order chi connectivity index (χ1) is 9.05. The maximum absolute atomic E-state index is 12.1. The van der Waals surface area contributed by atoms with E-state index in [1.165, 1.54) is 12.0 Å². The third-order valence-corrected chi connectivity index (χ3v) is 3.90. The number of carbonyl (C=O) groups is 2. The summed E-state index contributed by atoms with van der Waals surface area (Å²) in [6.07, 6.45) is 1.89. The number of nitrogens with zero attached hydrogens (tertiary/aromatic N) is 1. The van der Waals surface area contributed by atoms with Crippen LogP contribution >= 0.6 is 0 Å². The van der Waals surface area contributed by atoms with E-state index in [2.05, 4.69) is 5.32 Å². The number of aliphatic carboxylic acids is 1. The number of carbonyl (C=O) groups excluding carboxylic acids is 1. The maximum Gasteiger partial charge on any atom is 0.326 e. The summed E-state index contributed by atoms with van der Waals surface area (Å²) in [5, 5.41) is 12.0. The molecule has 1 saturated heterocycles. The van der Waals surface area contributed by atoms with Gasteiger partial charge in [-0.1, -0.05) is 0 Å². The number of nitrogens with one attached hydrogen (secondary N) is 1. The van der Waals surface area contributed by atoms with Crippen LogP contribution in [0.25, 0.3) is 0 Å². The van der Waals surface area contributed by atoms with E-state index in [9.17, 15) is 9.59 Å². The Balaban J connectivity index is 1.88. The molecule has 7 heteroatoms. The van der Waals surface area contributed by atoms with Gasteiger partial charge in [0.05, 0.1) is 12.2 Å². The Morgan fingerprint density at radius 3 is 2.32 bits per heavy atom. The Morgan fingerprint density at radius 2 is 1.79 bits per heavy atom. The van der Waals surface area contributed by atoms with Gasteiger partial charge in [-0.3, -0.25) is 0 Å². The van der Waals surface area contributed by atoms with Crippen molar-refractivity contribution in [1.82, 2.24) is 10.2 Å². The maximum atomic E-state index is 12.1. The Hall–Kier alpha value is -1.34. The molecule has 2 N–H and O–H groups in total. The number of carboxylic acids is 1. The van der Waals surface area contributed by atoms with Crippen molar-refractivity contribution >= 4 is 12.0 Å². The number of amides is 2. The lowest BCUT2D eigenvalue weighted by molar-refractivity contribution is -0.141. The average molecular weight is 272 g/mol. The minimum Gasteiger partial charge on any atom is -0.480 e. The molecule has 0 radical (unpaired) electrons. The van der Waals surface area contributed by atoms with Crippen molar-refractivity contribution in [3.8, 4) is 0 Å². The van der Waals surface area contributed by atoms with Crippen LogP contribution in [0.1, 0.15) is 19.3 Å². The van der Waals surface area contributed by atoms with Gasteiger partial charge in [-0.25, -0.2) is 9.59 Å². The van der Waals surface area contributed by atoms with E-state index in [0.717, 1.165) is 12.8 Å². The highest BCUT2D eigenvalue weighted by Gasteiger charge is 2.41. The Kier molecular flexibility index (Phi) is 4.26. The summed E-state index contributed by atoms with van der Waals surface area (Å²) in [5.74, 6) is -0.988. The van der Waals surface area contributed by atoms with Gasteiger partial charge in [0.1, 0.15) is 6.04 Å². The molecule has 0 aromatic heterocycles.